The molecule has 0 saturated heterocycles. The van der Waals surface area contributed by atoms with Crippen molar-refractivity contribution in [3.8, 4) is 0 Å². The van der Waals surface area contributed by atoms with Crippen molar-refractivity contribution in [3.63, 3.8) is 0 Å². The Hall–Kier alpha value is -3.63. The Labute approximate surface area is 133 Å². The van der Waals surface area contributed by atoms with Gasteiger partial charge in [-0.15, -0.1) is 10.2 Å². The van der Waals surface area contributed by atoms with Gasteiger partial charge >= 0.3 is 5.82 Å². The first-order valence-electron chi connectivity index (χ1n) is 6.66. The largest absolute Gasteiger partial charge is 0.358 e. The second-order valence-corrected chi connectivity index (χ2v) is 4.75. The Kier molecular flexibility index (Phi) is 3.97. The molecule has 0 unspecified atom stereocenters. The molecule has 0 radical (unpaired) electrons. The van der Waals surface area contributed by atoms with Crippen LogP contribution in [-0.4, -0.2) is 35.8 Å². The molecule has 10 nitrogen and oxygen atoms in total. The smallest absolute Gasteiger partial charge is 0.343 e. The Morgan fingerprint density at radius 3 is 2.96 bits per heavy atom. The number of carbonyl (C=O) groups excluding carboxylic acids is 1. The molecule has 3 aromatic rings. The number of aromatic amines is 1. The molecule has 2 N–H and O–H groups in total. The molecule has 0 saturated carbocycles. The fraction of sp³-hybridized carbons (Fsp3) is 0.0769. The van der Waals surface area contributed by atoms with E-state index >= 15 is 0 Å². The molecule has 2 aromatic heterocycles. The highest BCUT2D eigenvalue weighted by Gasteiger charge is 2.17. The van der Waals surface area contributed by atoms with Crippen LogP contribution in [-0.2, 0) is 6.54 Å². The maximum Gasteiger partial charge on any atom is 0.343 e. The van der Waals surface area contributed by atoms with Gasteiger partial charge in [0, 0.05) is 0 Å². The summed E-state index contributed by atoms with van der Waals surface area (Å²) in [4.78, 5) is 25.6. The van der Waals surface area contributed by atoms with E-state index in [1.165, 1.54) is 23.1 Å². The lowest BCUT2D eigenvalue weighted by Gasteiger charge is -2.01. The average Bonchev–Trinajstić information content (AvgIpc) is 3.17. The zero-order valence-electron chi connectivity index (χ0n) is 12.0. The van der Waals surface area contributed by atoms with E-state index in [2.05, 4.69) is 25.6 Å². The van der Waals surface area contributed by atoms with E-state index in [9.17, 15) is 19.3 Å². The topological polar surface area (TPSA) is 132 Å². The van der Waals surface area contributed by atoms with Gasteiger partial charge in [-0.25, -0.2) is 14.1 Å². The van der Waals surface area contributed by atoms with E-state index in [-0.39, 0.29) is 24.0 Å². The number of hydrogen-bond acceptors (Lipinski definition) is 6. The van der Waals surface area contributed by atoms with Crippen molar-refractivity contribution < 1.29 is 14.1 Å². The van der Waals surface area contributed by atoms with Crippen LogP contribution in [0.3, 0.4) is 0 Å². The Balaban J connectivity index is 1.67. The van der Waals surface area contributed by atoms with Crippen molar-refractivity contribution in [3.05, 3.63) is 63.8 Å². The Bertz CT molecular complexity index is 904. The molecule has 1 aromatic carbocycles. The van der Waals surface area contributed by atoms with Gasteiger partial charge in [0.2, 0.25) is 5.95 Å². The molecule has 11 heteroatoms. The van der Waals surface area contributed by atoms with Gasteiger partial charge in [-0.3, -0.25) is 10.1 Å². The molecule has 0 aliphatic heterocycles. The number of hydrogen-bond donors (Lipinski definition) is 2. The van der Waals surface area contributed by atoms with Crippen LogP contribution >= 0.6 is 0 Å². The molecule has 0 aliphatic carbocycles. The molecule has 0 aliphatic rings. The number of benzene rings is 1. The summed E-state index contributed by atoms with van der Waals surface area (Å²) in [5.74, 6) is -1.45. The third kappa shape index (κ3) is 3.40. The minimum absolute atomic E-state index is 0.00190. The normalized spacial score (nSPS) is 10.5. The van der Waals surface area contributed by atoms with Crippen LogP contribution in [0.4, 0.5) is 16.2 Å². The van der Waals surface area contributed by atoms with Gasteiger partial charge in [-0.1, -0.05) is 17.2 Å². The van der Waals surface area contributed by atoms with E-state index in [1.807, 2.05) is 0 Å². The number of amides is 1. The number of halogens is 1. The van der Waals surface area contributed by atoms with Crippen LogP contribution in [0.2, 0.25) is 0 Å². The molecule has 0 spiro atoms. The van der Waals surface area contributed by atoms with E-state index in [4.69, 9.17) is 0 Å². The number of rotatable bonds is 5. The van der Waals surface area contributed by atoms with E-state index in [0.717, 1.165) is 6.07 Å². The molecular weight excluding hydrogens is 321 g/mol. The number of nitro groups is 1. The van der Waals surface area contributed by atoms with Gasteiger partial charge < -0.3 is 10.1 Å². The second-order valence-electron chi connectivity index (χ2n) is 4.75. The Morgan fingerprint density at radius 2 is 2.25 bits per heavy atom. The van der Waals surface area contributed by atoms with Crippen molar-refractivity contribution in [1.29, 1.82) is 0 Å². The van der Waals surface area contributed by atoms with E-state index in [1.54, 1.807) is 12.1 Å². The van der Waals surface area contributed by atoms with E-state index in [0.29, 0.717) is 5.56 Å². The first-order chi connectivity index (χ1) is 11.5. The predicted molar refractivity (Wildman–Crippen MR) is 78.7 cm³/mol. The summed E-state index contributed by atoms with van der Waals surface area (Å²) in [5.41, 5.74) is 0.517. The summed E-state index contributed by atoms with van der Waals surface area (Å²) >= 11 is 0. The van der Waals surface area contributed by atoms with Gasteiger partial charge in [0.1, 0.15) is 12.1 Å². The molecule has 0 bridgehead atoms. The predicted octanol–water partition coefficient (Wildman–Crippen LogP) is 1.35. The minimum atomic E-state index is -0.699. The zero-order valence-corrected chi connectivity index (χ0v) is 12.0. The van der Waals surface area contributed by atoms with Gasteiger partial charge in [0.25, 0.3) is 5.91 Å². The minimum Gasteiger partial charge on any atom is -0.358 e. The first kappa shape index (κ1) is 15.3. The molecule has 2 heterocycles. The molecular formula is C13H10FN7O3. The first-order valence-corrected chi connectivity index (χ1v) is 6.66. The van der Waals surface area contributed by atoms with Crippen LogP contribution in [0.1, 0.15) is 16.1 Å². The maximum absolute atomic E-state index is 13.1. The monoisotopic (exact) mass is 331 g/mol. The highest BCUT2D eigenvalue weighted by atomic mass is 19.1. The lowest BCUT2D eigenvalue weighted by molar-refractivity contribution is -0.389. The third-order valence-corrected chi connectivity index (χ3v) is 2.99. The fourth-order valence-electron chi connectivity index (χ4n) is 1.94. The summed E-state index contributed by atoms with van der Waals surface area (Å²) in [6, 6.07) is 7.00. The summed E-state index contributed by atoms with van der Waals surface area (Å²) in [6.45, 7) is 0.272. The maximum atomic E-state index is 13.1. The number of anilines is 1. The zero-order chi connectivity index (χ0) is 17.1. The number of nitrogens with zero attached hydrogens (tertiary/aromatic N) is 5. The summed E-state index contributed by atoms with van der Waals surface area (Å²) < 4.78 is 14.5. The van der Waals surface area contributed by atoms with Crippen molar-refractivity contribution in [2.24, 2.45) is 0 Å². The molecule has 24 heavy (non-hydrogen) atoms. The van der Waals surface area contributed by atoms with Gasteiger partial charge in [-0.2, -0.15) is 0 Å². The van der Waals surface area contributed by atoms with Crippen LogP contribution in [0, 0.1) is 15.9 Å². The SMILES string of the molecule is O=C(Nc1ncn(Cc2cccc(F)c2)n1)c1cc([N+](=O)[O-])[nH]n1. The summed E-state index contributed by atoms with van der Waals surface area (Å²) in [7, 11) is 0. The molecule has 3 rings (SSSR count). The summed E-state index contributed by atoms with van der Waals surface area (Å²) in [5, 5.41) is 22.6. The van der Waals surface area contributed by atoms with Crippen LogP contribution < -0.4 is 5.32 Å². The van der Waals surface area contributed by atoms with Crippen molar-refractivity contribution in [2.75, 3.05) is 5.32 Å². The number of H-pyrrole nitrogens is 1. The van der Waals surface area contributed by atoms with Crippen molar-refractivity contribution in [2.45, 2.75) is 6.54 Å². The highest BCUT2D eigenvalue weighted by Crippen LogP contribution is 2.10. The average molecular weight is 331 g/mol. The summed E-state index contributed by atoms with van der Waals surface area (Å²) in [6.07, 6.45) is 1.37. The lowest BCUT2D eigenvalue weighted by Crippen LogP contribution is -2.14. The Morgan fingerprint density at radius 1 is 1.42 bits per heavy atom. The molecule has 1 amide bonds. The van der Waals surface area contributed by atoms with Gasteiger partial charge in [-0.05, 0) is 22.6 Å². The number of carbonyl (C=O) groups is 1. The van der Waals surface area contributed by atoms with E-state index < -0.39 is 16.6 Å². The second kappa shape index (κ2) is 6.24. The highest BCUT2D eigenvalue weighted by molar-refractivity contribution is 6.02. The number of aromatic nitrogens is 5. The van der Waals surface area contributed by atoms with Crippen LogP contribution in [0.25, 0.3) is 0 Å². The van der Waals surface area contributed by atoms with Gasteiger partial charge in [0.15, 0.2) is 5.69 Å². The van der Waals surface area contributed by atoms with Crippen molar-refractivity contribution in [1.82, 2.24) is 25.0 Å². The van der Waals surface area contributed by atoms with Crippen LogP contribution in [0.5, 0.6) is 0 Å². The number of nitrogens with one attached hydrogen (secondary N) is 2. The molecule has 0 fully saturated rings. The lowest BCUT2D eigenvalue weighted by atomic mass is 10.2. The van der Waals surface area contributed by atoms with Crippen molar-refractivity contribution >= 4 is 17.7 Å². The molecule has 122 valence electrons. The standard InChI is InChI=1S/C13H10FN7O3/c14-9-3-1-2-8(4-9)6-20-7-15-13(19-20)16-12(22)10-5-11(18-17-10)21(23)24/h1-5,7H,6H2,(H,17,18)(H,16,19,22). The quantitative estimate of drug-likeness (QED) is 0.536. The fourth-order valence-corrected chi connectivity index (χ4v) is 1.94. The third-order valence-electron chi connectivity index (χ3n) is 2.99. The molecule has 0 atom stereocenters. The van der Waals surface area contributed by atoms with Crippen LogP contribution in [0.15, 0.2) is 36.7 Å². The van der Waals surface area contributed by atoms with Gasteiger partial charge in [0.05, 0.1) is 12.6 Å².